The summed E-state index contributed by atoms with van der Waals surface area (Å²) in [5.74, 6) is 1.63. The van der Waals surface area contributed by atoms with E-state index in [1.54, 1.807) is 60.7 Å². The molecule has 9 heteroatoms. The van der Waals surface area contributed by atoms with Crippen molar-refractivity contribution in [2.45, 2.75) is 0 Å². The molecule has 1 aliphatic rings. The molecule has 5 rings (SSSR count). The lowest BCUT2D eigenvalue weighted by molar-refractivity contribution is 0.102. The van der Waals surface area contributed by atoms with E-state index in [-0.39, 0.29) is 11.3 Å². The van der Waals surface area contributed by atoms with Crippen molar-refractivity contribution >= 4 is 22.4 Å². The number of amides is 1. The molecule has 1 N–H and O–H groups in total. The van der Waals surface area contributed by atoms with Crippen LogP contribution in [0.2, 0.25) is 0 Å². The molecule has 0 unspecified atom stereocenters. The van der Waals surface area contributed by atoms with Crippen LogP contribution in [0.3, 0.4) is 0 Å². The smallest absolute Gasteiger partial charge is 0.279 e. The van der Waals surface area contributed by atoms with Gasteiger partial charge in [-0.05, 0) is 30.3 Å². The zero-order valence-corrected chi connectivity index (χ0v) is 18.5. The van der Waals surface area contributed by atoms with Gasteiger partial charge in [-0.2, -0.15) is 9.78 Å². The van der Waals surface area contributed by atoms with E-state index in [1.807, 2.05) is 0 Å². The first-order valence-electron chi connectivity index (χ1n) is 10.5. The normalized spacial score (nSPS) is 12.3. The molecular weight excluding hydrogens is 438 g/mol. The van der Waals surface area contributed by atoms with Gasteiger partial charge in [0.05, 0.1) is 19.6 Å². The Balaban J connectivity index is 1.61. The summed E-state index contributed by atoms with van der Waals surface area (Å²) in [7, 11) is 3.02. The third-order valence-corrected chi connectivity index (χ3v) is 5.44. The summed E-state index contributed by atoms with van der Waals surface area (Å²) in [5, 5.41) is 8.06. The molecule has 9 nitrogen and oxygen atoms in total. The largest absolute Gasteiger partial charge is 0.497 e. The molecule has 4 aromatic rings. The van der Waals surface area contributed by atoms with Gasteiger partial charge in [0.15, 0.2) is 17.2 Å². The van der Waals surface area contributed by atoms with Gasteiger partial charge in [0.25, 0.3) is 11.5 Å². The lowest BCUT2D eigenvalue weighted by Gasteiger charge is -2.19. The van der Waals surface area contributed by atoms with E-state index in [0.29, 0.717) is 58.4 Å². The fraction of sp³-hybridized carbons (Fsp3) is 0.160. The first-order valence-corrected chi connectivity index (χ1v) is 10.5. The second-order valence-electron chi connectivity index (χ2n) is 7.46. The minimum absolute atomic E-state index is 0.0861. The monoisotopic (exact) mass is 459 g/mol. The summed E-state index contributed by atoms with van der Waals surface area (Å²) in [5.41, 5.74) is 0.602. The fourth-order valence-corrected chi connectivity index (χ4v) is 3.79. The number of benzene rings is 3. The Kier molecular flexibility index (Phi) is 5.51. The van der Waals surface area contributed by atoms with Crippen LogP contribution in [0, 0.1) is 0 Å². The molecule has 1 aromatic heterocycles. The number of rotatable bonds is 5. The molecule has 1 amide bonds. The number of nitrogens with one attached hydrogen (secondary N) is 1. The van der Waals surface area contributed by atoms with Crippen LogP contribution in [-0.4, -0.2) is 43.1 Å². The van der Waals surface area contributed by atoms with Crippen LogP contribution in [0.4, 0.5) is 5.69 Å². The molecule has 0 fully saturated rings. The molecule has 0 aliphatic carbocycles. The van der Waals surface area contributed by atoms with Crippen molar-refractivity contribution in [1.82, 2.24) is 9.78 Å². The van der Waals surface area contributed by atoms with Crippen LogP contribution in [0.25, 0.3) is 16.5 Å². The van der Waals surface area contributed by atoms with Crippen molar-refractivity contribution in [2.24, 2.45) is 0 Å². The molecule has 2 heterocycles. The van der Waals surface area contributed by atoms with Crippen molar-refractivity contribution in [3.05, 3.63) is 76.7 Å². The minimum Gasteiger partial charge on any atom is -0.497 e. The lowest BCUT2D eigenvalue weighted by atomic mass is 10.1. The molecule has 0 saturated heterocycles. The number of carbonyl (C=O) groups excluding carboxylic acids is 1. The van der Waals surface area contributed by atoms with E-state index in [1.165, 1.54) is 18.9 Å². The predicted octanol–water partition coefficient (Wildman–Crippen LogP) is 3.43. The van der Waals surface area contributed by atoms with Crippen molar-refractivity contribution in [1.29, 1.82) is 0 Å². The number of anilines is 1. The summed E-state index contributed by atoms with van der Waals surface area (Å²) in [6.45, 7) is 0.913. The first kappa shape index (κ1) is 21.3. The van der Waals surface area contributed by atoms with Gasteiger partial charge >= 0.3 is 0 Å². The van der Waals surface area contributed by atoms with Gasteiger partial charge < -0.3 is 24.3 Å². The van der Waals surface area contributed by atoms with Gasteiger partial charge in [-0.3, -0.25) is 9.59 Å². The molecule has 0 bridgehead atoms. The Bertz CT molecular complexity index is 1460. The third kappa shape index (κ3) is 3.77. The third-order valence-electron chi connectivity index (χ3n) is 5.44. The summed E-state index contributed by atoms with van der Waals surface area (Å²) < 4.78 is 23.0. The van der Waals surface area contributed by atoms with E-state index in [9.17, 15) is 9.59 Å². The Hall–Kier alpha value is -4.53. The highest BCUT2D eigenvalue weighted by atomic mass is 16.6. The van der Waals surface area contributed by atoms with Crippen molar-refractivity contribution in [2.75, 3.05) is 32.8 Å². The summed E-state index contributed by atoms with van der Waals surface area (Å²) >= 11 is 0. The number of nitrogens with zero attached hydrogens (tertiary/aromatic N) is 2. The van der Waals surface area contributed by atoms with Gasteiger partial charge in [-0.15, -0.1) is 0 Å². The maximum absolute atomic E-state index is 13.3. The molecule has 0 saturated carbocycles. The highest BCUT2D eigenvalue weighted by Gasteiger charge is 2.20. The second-order valence-corrected chi connectivity index (χ2v) is 7.46. The van der Waals surface area contributed by atoms with E-state index in [2.05, 4.69) is 10.4 Å². The maximum atomic E-state index is 13.3. The second kappa shape index (κ2) is 8.78. The van der Waals surface area contributed by atoms with Gasteiger partial charge in [0.2, 0.25) is 0 Å². The summed E-state index contributed by atoms with van der Waals surface area (Å²) in [6.07, 6.45) is 0. The zero-order valence-electron chi connectivity index (χ0n) is 18.5. The van der Waals surface area contributed by atoms with Crippen LogP contribution < -0.4 is 29.8 Å². The average molecular weight is 459 g/mol. The topological polar surface area (TPSA) is 101 Å². The minimum atomic E-state index is -0.478. The SMILES string of the molecule is COc1ccc(-n2nc(C(=O)Nc3ccc4c(c3)OCCO4)c3ccccc3c2=O)c(OC)c1. The molecule has 172 valence electrons. The van der Waals surface area contributed by atoms with E-state index in [4.69, 9.17) is 18.9 Å². The number of methoxy groups -OCH3 is 2. The van der Waals surface area contributed by atoms with Crippen molar-refractivity contribution in [3.8, 4) is 28.7 Å². The standard InChI is InChI=1S/C25H21N3O6/c1-31-16-8-9-19(21(14-16)32-2)28-25(30)18-6-4-3-5-17(18)23(27-28)24(29)26-15-7-10-20-22(13-15)34-12-11-33-20/h3-10,13-14H,11-12H2,1-2H3,(H,26,29). The number of hydrogen-bond acceptors (Lipinski definition) is 7. The van der Waals surface area contributed by atoms with Crippen molar-refractivity contribution in [3.63, 3.8) is 0 Å². The zero-order chi connectivity index (χ0) is 23.7. The lowest BCUT2D eigenvalue weighted by Crippen LogP contribution is -2.27. The highest BCUT2D eigenvalue weighted by molar-refractivity contribution is 6.11. The first-order chi connectivity index (χ1) is 16.6. The van der Waals surface area contributed by atoms with Crippen molar-refractivity contribution < 1.29 is 23.7 Å². The Morgan fingerprint density at radius 3 is 2.47 bits per heavy atom. The van der Waals surface area contributed by atoms with Gasteiger partial charge in [-0.25, -0.2) is 0 Å². The number of fused-ring (bicyclic) bond motifs is 2. The quantitative estimate of drug-likeness (QED) is 0.488. The van der Waals surface area contributed by atoms with Crippen LogP contribution in [0.1, 0.15) is 10.5 Å². The number of hydrogen-bond donors (Lipinski definition) is 1. The predicted molar refractivity (Wildman–Crippen MR) is 126 cm³/mol. The Morgan fingerprint density at radius 2 is 1.71 bits per heavy atom. The maximum Gasteiger partial charge on any atom is 0.279 e. The molecule has 34 heavy (non-hydrogen) atoms. The molecule has 0 radical (unpaired) electrons. The van der Waals surface area contributed by atoms with Crippen LogP contribution in [0.15, 0.2) is 65.5 Å². The molecule has 0 atom stereocenters. The number of carbonyl (C=O) groups is 1. The van der Waals surface area contributed by atoms with Crippen LogP contribution in [0.5, 0.6) is 23.0 Å². The molecule has 1 aliphatic heterocycles. The number of aromatic nitrogens is 2. The summed E-state index contributed by atoms with van der Waals surface area (Å²) in [4.78, 5) is 26.6. The summed E-state index contributed by atoms with van der Waals surface area (Å²) in [6, 6.07) is 17.0. The molecule has 0 spiro atoms. The highest BCUT2D eigenvalue weighted by Crippen LogP contribution is 2.33. The fourth-order valence-electron chi connectivity index (χ4n) is 3.79. The van der Waals surface area contributed by atoms with E-state index in [0.717, 1.165) is 0 Å². The van der Waals surface area contributed by atoms with Gasteiger partial charge in [-0.1, -0.05) is 18.2 Å². The Labute approximate surface area is 194 Å². The molecular formula is C25H21N3O6. The average Bonchev–Trinajstić information content (AvgIpc) is 2.88. The van der Waals surface area contributed by atoms with Crippen LogP contribution >= 0.6 is 0 Å². The van der Waals surface area contributed by atoms with Gasteiger partial charge in [0, 0.05) is 23.2 Å². The van der Waals surface area contributed by atoms with E-state index >= 15 is 0 Å². The van der Waals surface area contributed by atoms with Crippen LogP contribution in [-0.2, 0) is 0 Å². The number of ether oxygens (including phenoxy) is 4. The molecule has 3 aromatic carbocycles. The van der Waals surface area contributed by atoms with E-state index < -0.39 is 5.91 Å². The Morgan fingerprint density at radius 1 is 0.941 bits per heavy atom. The van der Waals surface area contributed by atoms with Gasteiger partial charge in [0.1, 0.15) is 30.4 Å².